The zero-order valence-corrected chi connectivity index (χ0v) is 10.6. The lowest BCUT2D eigenvalue weighted by atomic mass is 9.91. The molecule has 1 rings (SSSR count). The Kier molecular flexibility index (Phi) is 3.56. The fourth-order valence-electron chi connectivity index (χ4n) is 1.72. The lowest BCUT2D eigenvalue weighted by molar-refractivity contribution is -0.282. The van der Waals surface area contributed by atoms with Crippen LogP contribution in [0.4, 0.5) is 0 Å². The van der Waals surface area contributed by atoms with E-state index in [0.29, 0.717) is 18.6 Å². The number of hydrogen-bond donors (Lipinski definition) is 0. The first-order valence-corrected chi connectivity index (χ1v) is 5.75. The molecular formula is C12H23NO2. The molecule has 0 bridgehead atoms. The number of carbonyl (C=O) groups is 1. The third-order valence-electron chi connectivity index (χ3n) is 3.11. The monoisotopic (exact) mass is 213 g/mol. The summed E-state index contributed by atoms with van der Waals surface area (Å²) in [5.74, 6) is 0.342. The number of carbonyl (C=O) groups excluding carboxylic acids is 1. The summed E-state index contributed by atoms with van der Waals surface area (Å²) in [5, 5.41) is 1.98. The molecule has 88 valence electrons. The van der Waals surface area contributed by atoms with Crippen molar-refractivity contribution in [1.29, 1.82) is 0 Å². The van der Waals surface area contributed by atoms with Crippen LogP contribution in [0.1, 0.15) is 53.9 Å². The van der Waals surface area contributed by atoms with Crippen molar-refractivity contribution >= 4 is 5.78 Å². The summed E-state index contributed by atoms with van der Waals surface area (Å²) in [5.41, 5.74) is -0.306. The highest BCUT2D eigenvalue weighted by atomic mass is 16.7. The molecule has 1 fully saturated rings. The Hall–Kier alpha value is -0.410. The molecule has 15 heavy (non-hydrogen) atoms. The minimum absolute atomic E-state index is 0.141. The van der Waals surface area contributed by atoms with Crippen LogP contribution in [-0.2, 0) is 9.63 Å². The molecule has 3 nitrogen and oxygen atoms in total. The van der Waals surface area contributed by atoms with Crippen molar-refractivity contribution in [1.82, 2.24) is 5.06 Å². The molecule has 0 aromatic carbocycles. The molecular weight excluding hydrogens is 190 g/mol. The van der Waals surface area contributed by atoms with Gasteiger partial charge >= 0.3 is 0 Å². The van der Waals surface area contributed by atoms with Gasteiger partial charge in [-0.25, -0.2) is 0 Å². The molecule has 0 aliphatic carbocycles. The first-order chi connectivity index (χ1) is 6.77. The summed E-state index contributed by atoms with van der Waals surface area (Å²) >= 11 is 0. The molecule has 0 saturated carbocycles. The van der Waals surface area contributed by atoms with Crippen molar-refractivity contribution in [3.8, 4) is 0 Å². The minimum atomic E-state index is -0.165. The topological polar surface area (TPSA) is 29.5 Å². The van der Waals surface area contributed by atoms with Gasteiger partial charge in [0.25, 0.3) is 0 Å². The number of Topliss-reactive ketones (excluding diaryl/α,β-unsaturated/α-hetero) is 1. The zero-order chi connectivity index (χ0) is 11.7. The number of hydroxylamine groups is 2. The lowest BCUT2D eigenvalue weighted by Gasteiger charge is -2.44. The molecule has 3 heteroatoms. The molecule has 0 N–H and O–H groups in total. The van der Waals surface area contributed by atoms with Gasteiger partial charge in [-0.05, 0) is 34.1 Å². The van der Waals surface area contributed by atoms with E-state index in [2.05, 4.69) is 34.6 Å². The number of piperidine rings is 1. The number of ketones is 1. The number of hydrogen-bond acceptors (Lipinski definition) is 3. The predicted molar refractivity (Wildman–Crippen MR) is 60.5 cm³/mol. The first kappa shape index (κ1) is 12.7. The van der Waals surface area contributed by atoms with E-state index in [9.17, 15) is 4.79 Å². The van der Waals surface area contributed by atoms with E-state index in [4.69, 9.17) is 4.84 Å². The van der Waals surface area contributed by atoms with Gasteiger partial charge in [-0.2, -0.15) is 5.06 Å². The van der Waals surface area contributed by atoms with E-state index in [1.54, 1.807) is 0 Å². The van der Waals surface area contributed by atoms with Gasteiger partial charge in [-0.1, -0.05) is 6.92 Å². The largest absolute Gasteiger partial charge is 0.300 e. The summed E-state index contributed by atoms with van der Waals surface area (Å²) in [4.78, 5) is 17.3. The predicted octanol–water partition coefficient (Wildman–Crippen LogP) is 2.55. The van der Waals surface area contributed by atoms with Crippen molar-refractivity contribution in [2.45, 2.75) is 65.0 Å². The summed E-state index contributed by atoms with van der Waals surface area (Å²) in [6.07, 6.45) is 2.17. The maximum absolute atomic E-state index is 11.4. The van der Waals surface area contributed by atoms with Gasteiger partial charge in [0, 0.05) is 24.9 Å². The molecule has 1 aliphatic rings. The standard InChI is InChI=1S/C12H23NO2/c1-6-12(4,5)15-13-8-7-10(14)9-11(13,2)3/h6-9H2,1-5H3. The van der Waals surface area contributed by atoms with Crippen molar-refractivity contribution < 1.29 is 9.63 Å². The Morgan fingerprint density at radius 1 is 1.47 bits per heavy atom. The lowest BCUT2D eigenvalue weighted by Crippen LogP contribution is -2.53. The van der Waals surface area contributed by atoms with E-state index in [0.717, 1.165) is 13.0 Å². The summed E-state index contributed by atoms with van der Waals surface area (Å²) in [7, 11) is 0. The highest BCUT2D eigenvalue weighted by Crippen LogP contribution is 2.29. The normalized spacial score (nSPS) is 23.1. The molecule has 1 aliphatic heterocycles. The molecule has 0 aromatic heterocycles. The van der Waals surface area contributed by atoms with E-state index in [1.165, 1.54) is 0 Å². The highest BCUT2D eigenvalue weighted by Gasteiger charge is 2.37. The molecule has 1 heterocycles. The van der Waals surface area contributed by atoms with Gasteiger partial charge < -0.3 is 0 Å². The SMILES string of the molecule is CCC(C)(C)ON1CCC(=O)CC1(C)C. The molecule has 0 unspecified atom stereocenters. The van der Waals surface area contributed by atoms with Crippen molar-refractivity contribution in [3.05, 3.63) is 0 Å². The van der Waals surface area contributed by atoms with Gasteiger partial charge in [0.15, 0.2) is 0 Å². The van der Waals surface area contributed by atoms with Crippen LogP contribution in [0.2, 0.25) is 0 Å². The van der Waals surface area contributed by atoms with Crippen LogP contribution in [0.25, 0.3) is 0 Å². The fraction of sp³-hybridized carbons (Fsp3) is 0.917. The average Bonchev–Trinajstić information content (AvgIpc) is 2.09. The summed E-state index contributed by atoms with van der Waals surface area (Å²) in [6.45, 7) is 11.1. The maximum Gasteiger partial charge on any atom is 0.136 e. The Labute approximate surface area is 92.7 Å². The van der Waals surface area contributed by atoms with Crippen LogP contribution >= 0.6 is 0 Å². The van der Waals surface area contributed by atoms with Crippen LogP contribution < -0.4 is 0 Å². The van der Waals surface area contributed by atoms with Crippen molar-refractivity contribution in [2.24, 2.45) is 0 Å². The van der Waals surface area contributed by atoms with Crippen LogP contribution in [-0.4, -0.2) is 28.5 Å². The first-order valence-electron chi connectivity index (χ1n) is 5.75. The Balaban J connectivity index is 2.66. The molecule has 1 saturated heterocycles. The van der Waals surface area contributed by atoms with E-state index in [1.807, 2.05) is 5.06 Å². The third-order valence-corrected chi connectivity index (χ3v) is 3.11. The zero-order valence-electron chi connectivity index (χ0n) is 10.6. The highest BCUT2D eigenvalue weighted by molar-refractivity contribution is 5.80. The van der Waals surface area contributed by atoms with Gasteiger partial charge in [-0.3, -0.25) is 9.63 Å². The van der Waals surface area contributed by atoms with Crippen LogP contribution in [0.3, 0.4) is 0 Å². The average molecular weight is 213 g/mol. The second kappa shape index (κ2) is 4.22. The fourth-order valence-corrected chi connectivity index (χ4v) is 1.72. The smallest absolute Gasteiger partial charge is 0.136 e. The second-order valence-electron chi connectivity index (χ2n) is 5.58. The quantitative estimate of drug-likeness (QED) is 0.721. The molecule has 0 spiro atoms. The second-order valence-corrected chi connectivity index (χ2v) is 5.58. The van der Waals surface area contributed by atoms with Crippen LogP contribution in [0.15, 0.2) is 0 Å². The van der Waals surface area contributed by atoms with E-state index in [-0.39, 0.29) is 11.1 Å². The van der Waals surface area contributed by atoms with Crippen molar-refractivity contribution in [2.75, 3.05) is 6.54 Å². The summed E-state index contributed by atoms with van der Waals surface area (Å²) in [6, 6.07) is 0. The molecule has 0 amide bonds. The molecule has 0 aromatic rings. The molecule has 0 atom stereocenters. The van der Waals surface area contributed by atoms with Gasteiger partial charge in [-0.15, -0.1) is 0 Å². The van der Waals surface area contributed by atoms with Crippen LogP contribution in [0, 0.1) is 0 Å². The van der Waals surface area contributed by atoms with Gasteiger partial charge in [0.1, 0.15) is 5.78 Å². The Morgan fingerprint density at radius 2 is 2.07 bits per heavy atom. The summed E-state index contributed by atoms with van der Waals surface area (Å²) < 4.78 is 0. The molecule has 0 radical (unpaired) electrons. The van der Waals surface area contributed by atoms with Crippen molar-refractivity contribution in [3.63, 3.8) is 0 Å². The third kappa shape index (κ3) is 3.28. The van der Waals surface area contributed by atoms with Gasteiger partial charge in [0.2, 0.25) is 0 Å². The van der Waals surface area contributed by atoms with E-state index >= 15 is 0 Å². The maximum atomic E-state index is 11.4. The Bertz CT molecular complexity index is 246. The minimum Gasteiger partial charge on any atom is -0.300 e. The van der Waals surface area contributed by atoms with Crippen LogP contribution in [0.5, 0.6) is 0 Å². The number of nitrogens with zero attached hydrogens (tertiary/aromatic N) is 1. The van der Waals surface area contributed by atoms with Gasteiger partial charge in [0.05, 0.1) is 5.60 Å². The Morgan fingerprint density at radius 3 is 2.53 bits per heavy atom. The van der Waals surface area contributed by atoms with E-state index < -0.39 is 0 Å². The number of rotatable bonds is 3.